The van der Waals surface area contributed by atoms with E-state index < -0.39 is 0 Å². The van der Waals surface area contributed by atoms with E-state index in [1.807, 2.05) is 0 Å². The van der Waals surface area contributed by atoms with Crippen molar-refractivity contribution in [1.82, 2.24) is 0 Å². The van der Waals surface area contributed by atoms with Crippen LogP contribution >= 0.6 is 12.6 Å². The highest BCUT2D eigenvalue weighted by molar-refractivity contribution is 7.80. The van der Waals surface area contributed by atoms with E-state index >= 15 is 0 Å². The summed E-state index contributed by atoms with van der Waals surface area (Å²) in [4.78, 5) is 0. The van der Waals surface area contributed by atoms with Crippen LogP contribution in [-0.2, 0) is 0 Å². The predicted octanol–water partition coefficient (Wildman–Crippen LogP) is 5.22. The van der Waals surface area contributed by atoms with Crippen molar-refractivity contribution in [3.8, 4) is 0 Å². The Morgan fingerprint density at radius 2 is 1.32 bits per heavy atom. The van der Waals surface area contributed by atoms with Crippen molar-refractivity contribution in [1.29, 1.82) is 0 Å². The first kappa shape index (κ1) is 14.0. The third-order valence-electron chi connectivity index (χ3n) is 3.13. The zero-order chi connectivity index (χ0) is 13.3. The molecule has 2 rings (SSSR count). The predicted molar refractivity (Wildman–Crippen MR) is 87.7 cm³/mol. The summed E-state index contributed by atoms with van der Waals surface area (Å²) >= 11 is 4.26. The van der Waals surface area contributed by atoms with E-state index in [9.17, 15) is 0 Å². The number of benzene rings is 2. The summed E-state index contributed by atoms with van der Waals surface area (Å²) in [6.45, 7) is 0. The fourth-order valence-electron chi connectivity index (χ4n) is 2.14. The molecule has 0 saturated carbocycles. The number of unbranched alkanes of at least 4 members (excludes halogenated alkanes) is 2. The monoisotopic (exact) mass is 268 g/mol. The molecule has 0 unspecified atom stereocenters. The molecule has 1 heteroatoms. The second-order valence-corrected chi connectivity index (χ2v) is 5.02. The van der Waals surface area contributed by atoms with Crippen LogP contribution in [0.25, 0.3) is 5.57 Å². The fraction of sp³-hybridized carbons (Fsp3) is 0.222. The van der Waals surface area contributed by atoms with Crippen molar-refractivity contribution < 1.29 is 0 Å². The molecule has 0 bridgehead atoms. The van der Waals surface area contributed by atoms with Crippen LogP contribution in [0.2, 0.25) is 0 Å². The van der Waals surface area contributed by atoms with Crippen LogP contribution in [-0.4, -0.2) is 5.75 Å². The average molecular weight is 268 g/mol. The van der Waals surface area contributed by atoms with Gasteiger partial charge in [0.15, 0.2) is 0 Å². The summed E-state index contributed by atoms with van der Waals surface area (Å²) in [5.74, 6) is 0.972. The van der Waals surface area contributed by atoms with Gasteiger partial charge in [0, 0.05) is 0 Å². The Bertz CT molecular complexity index is 458. The normalized spacial score (nSPS) is 10.2. The van der Waals surface area contributed by atoms with Crippen LogP contribution in [0.4, 0.5) is 0 Å². The van der Waals surface area contributed by atoms with Crippen LogP contribution in [0.15, 0.2) is 66.7 Å². The van der Waals surface area contributed by atoms with Gasteiger partial charge in [-0.2, -0.15) is 12.6 Å². The number of hydrogen-bond acceptors (Lipinski definition) is 1. The number of hydrogen-bond donors (Lipinski definition) is 1. The summed E-state index contributed by atoms with van der Waals surface area (Å²) in [6.07, 6.45) is 5.84. The Balaban J connectivity index is 2.24. The maximum atomic E-state index is 4.26. The smallest absolute Gasteiger partial charge is 0.00978 e. The molecule has 19 heavy (non-hydrogen) atoms. The van der Waals surface area contributed by atoms with Crippen LogP contribution < -0.4 is 0 Å². The van der Waals surface area contributed by atoms with E-state index in [0.717, 1.165) is 12.2 Å². The summed E-state index contributed by atoms with van der Waals surface area (Å²) < 4.78 is 0. The fourth-order valence-corrected chi connectivity index (χ4v) is 2.36. The lowest BCUT2D eigenvalue weighted by Crippen LogP contribution is -1.88. The van der Waals surface area contributed by atoms with Gasteiger partial charge in [0.2, 0.25) is 0 Å². The van der Waals surface area contributed by atoms with E-state index in [0.29, 0.717) is 0 Å². The molecule has 0 amide bonds. The van der Waals surface area contributed by atoms with Crippen molar-refractivity contribution >= 4 is 18.2 Å². The van der Waals surface area contributed by atoms with Gasteiger partial charge >= 0.3 is 0 Å². The first-order chi connectivity index (χ1) is 9.42. The summed E-state index contributed by atoms with van der Waals surface area (Å²) in [5.41, 5.74) is 3.92. The second kappa shape index (κ2) is 7.85. The summed E-state index contributed by atoms with van der Waals surface area (Å²) in [5, 5.41) is 0. The van der Waals surface area contributed by atoms with E-state index in [2.05, 4.69) is 79.4 Å². The Morgan fingerprint density at radius 1 is 0.789 bits per heavy atom. The van der Waals surface area contributed by atoms with Crippen molar-refractivity contribution in [3.63, 3.8) is 0 Å². The van der Waals surface area contributed by atoms with E-state index in [-0.39, 0.29) is 0 Å². The number of thiol groups is 1. The van der Waals surface area contributed by atoms with Gasteiger partial charge in [0.1, 0.15) is 0 Å². The van der Waals surface area contributed by atoms with Crippen molar-refractivity contribution in [3.05, 3.63) is 77.9 Å². The Kier molecular flexibility index (Phi) is 5.77. The van der Waals surface area contributed by atoms with E-state index in [4.69, 9.17) is 0 Å². The maximum absolute atomic E-state index is 4.26. The molecule has 0 atom stereocenters. The molecule has 0 aromatic heterocycles. The molecule has 0 fully saturated rings. The standard InChI is InChI=1S/C18H20S/c19-15-9-3-8-14-18(16-10-4-1-5-11-16)17-12-6-2-7-13-17/h1-2,4-7,10-14,19H,3,8-9,15H2. The lowest BCUT2D eigenvalue weighted by molar-refractivity contribution is 0.825. The third kappa shape index (κ3) is 4.29. The van der Waals surface area contributed by atoms with Crippen LogP contribution in [0, 0.1) is 0 Å². The lowest BCUT2D eigenvalue weighted by atomic mass is 9.96. The first-order valence-corrected chi connectivity index (χ1v) is 7.47. The zero-order valence-corrected chi connectivity index (χ0v) is 12.0. The summed E-state index contributed by atoms with van der Waals surface area (Å²) in [6, 6.07) is 21.2. The summed E-state index contributed by atoms with van der Waals surface area (Å²) in [7, 11) is 0. The van der Waals surface area contributed by atoms with Crippen molar-refractivity contribution in [2.75, 3.05) is 5.75 Å². The second-order valence-electron chi connectivity index (χ2n) is 4.57. The maximum Gasteiger partial charge on any atom is -0.00978 e. The lowest BCUT2D eigenvalue weighted by Gasteiger charge is -2.08. The third-order valence-corrected chi connectivity index (χ3v) is 3.45. The quantitative estimate of drug-likeness (QED) is 0.539. The average Bonchev–Trinajstić information content (AvgIpc) is 2.49. The highest BCUT2D eigenvalue weighted by atomic mass is 32.1. The Hall–Kier alpha value is -1.47. The Labute approximate surface area is 121 Å². The molecule has 0 aliphatic heterocycles. The largest absolute Gasteiger partial charge is 0.179 e. The molecular weight excluding hydrogens is 248 g/mol. The van der Waals surface area contributed by atoms with Crippen molar-refractivity contribution in [2.45, 2.75) is 19.3 Å². The van der Waals surface area contributed by atoms with Gasteiger partial charge in [-0.3, -0.25) is 0 Å². The molecular formula is C18H20S. The topological polar surface area (TPSA) is 0 Å². The first-order valence-electron chi connectivity index (χ1n) is 6.83. The molecule has 2 aromatic rings. The molecule has 0 aliphatic rings. The van der Waals surface area contributed by atoms with Crippen LogP contribution in [0.1, 0.15) is 30.4 Å². The minimum absolute atomic E-state index is 0.972. The molecule has 0 saturated heterocycles. The minimum Gasteiger partial charge on any atom is -0.179 e. The molecule has 0 radical (unpaired) electrons. The minimum atomic E-state index is 0.972. The highest BCUT2D eigenvalue weighted by Gasteiger charge is 2.03. The molecule has 2 aromatic carbocycles. The van der Waals surface area contributed by atoms with E-state index in [1.54, 1.807) is 0 Å². The SMILES string of the molecule is SCCCCC=C(c1ccccc1)c1ccccc1. The number of rotatable bonds is 6. The van der Waals surface area contributed by atoms with Crippen LogP contribution in [0.3, 0.4) is 0 Å². The van der Waals surface area contributed by atoms with E-state index in [1.165, 1.54) is 29.5 Å². The molecule has 0 spiro atoms. The molecule has 0 aliphatic carbocycles. The van der Waals surface area contributed by atoms with Gasteiger partial charge in [0.05, 0.1) is 0 Å². The molecule has 0 N–H and O–H groups in total. The van der Waals surface area contributed by atoms with Gasteiger partial charge in [-0.05, 0) is 41.7 Å². The molecule has 0 nitrogen and oxygen atoms in total. The van der Waals surface area contributed by atoms with Gasteiger partial charge in [-0.15, -0.1) is 0 Å². The highest BCUT2D eigenvalue weighted by Crippen LogP contribution is 2.24. The van der Waals surface area contributed by atoms with Crippen LogP contribution in [0.5, 0.6) is 0 Å². The van der Waals surface area contributed by atoms with Gasteiger partial charge in [-0.25, -0.2) is 0 Å². The molecule has 0 heterocycles. The number of allylic oxidation sites excluding steroid dienone is 1. The van der Waals surface area contributed by atoms with Crippen molar-refractivity contribution in [2.24, 2.45) is 0 Å². The Morgan fingerprint density at radius 3 is 1.79 bits per heavy atom. The molecule has 98 valence electrons. The zero-order valence-electron chi connectivity index (χ0n) is 11.1. The van der Waals surface area contributed by atoms with Gasteiger partial charge in [0.25, 0.3) is 0 Å². The van der Waals surface area contributed by atoms with Gasteiger partial charge < -0.3 is 0 Å². The van der Waals surface area contributed by atoms with Gasteiger partial charge in [-0.1, -0.05) is 66.7 Å².